The van der Waals surface area contributed by atoms with Crippen molar-refractivity contribution in [3.8, 4) is 5.75 Å². The van der Waals surface area contributed by atoms with E-state index in [1.54, 1.807) is 0 Å². The molecule has 1 aliphatic heterocycles. The minimum atomic E-state index is -0.335. The van der Waals surface area contributed by atoms with E-state index in [9.17, 15) is 9.18 Å². The van der Waals surface area contributed by atoms with Gasteiger partial charge >= 0.3 is 6.03 Å². The van der Waals surface area contributed by atoms with Crippen LogP contribution in [0.25, 0.3) is 0 Å². The lowest BCUT2D eigenvalue weighted by molar-refractivity contribution is 0.222. The Morgan fingerprint density at radius 2 is 1.90 bits per heavy atom. The van der Waals surface area contributed by atoms with E-state index < -0.39 is 0 Å². The van der Waals surface area contributed by atoms with Crippen LogP contribution in [0, 0.1) is 5.82 Å². The van der Waals surface area contributed by atoms with E-state index in [0.717, 1.165) is 17.7 Å². The number of hydrogen-bond donors (Lipinski definition) is 2. The van der Waals surface area contributed by atoms with Crippen LogP contribution in [0.3, 0.4) is 0 Å². The molecule has 0 fully saturated rings. The number of nitrogens with one attached hydrogen (secondary N) is 2. The zero-order valence-electron chi connectivity index (χ0n) is 11.3. The molecule has 4 nitrogen and oxygen atoms in total. The Morgan fingerprint density at radius 3 is 2.71 bits per heavy atom. The lowest BCUT2D eigenvalue weighted by Crippen LogP contribution is -2.44. The highest BCUT2D eigenvalue weighted by atomic mass is 19.1. The van der Waals surface area contributed by atoms with Crippen LogP contribution in [0.5, 0.6) is 5.75 Å². The summed E-state index contributed by atoms with van der Waals surface area (Å²) < 4.78 is 18.4. The van der Waals surface area contributed by atoms with Crippen molar-refractivity contribution in [2.45, 2.75) is 12.5 Å². The Kier molecular flexibility index (Phi) is 3.73. The number of para-hydroxylation sites is 1. The molecule has 1 heterocycles. The van der Waals surface area contributed by atoms with Gasteiger partial charge in [0.05, 0.1) is 6.04 Å². The topological polar surface area (TPSA) is 50.4 Å². The van der Waals surface area contributed by atoms with E-state index >= 15 is 0 Å². The number of carbonyl (C=O) groups is 1. The van der Waals surface area contributed by atoms with Gasteiger partial charge in [-0.25, -0.2) is 9.18 Å². The molecule has 0 bridgehead atoms. The Balaban J connectivity index is 1.57. The number of hydrogen-bond acceptors (Lipinski definition) is 2. The summed E-state index contributed by atoms with van der Waals surface area (Å²) in [5.74, 6) is 0.535. The van der Waals surface area contributed by atoms with Gasteiger partial charge < -0.3 is 15.4 Å². The van der Waals surface area contributed by atoms with Crippen LogP contribution in [0.1, 0.15) is 5.56 Å². The summed E-state index contributed by atoms with van der Waals surface area (Å²) in [5.41, 5.74) is 1.63. The molecule has 3 rings (SSSR count). The maximum atomic E-state index is 12.8. The molecule has 2 aromatic rings. The van der Waals surface area contributed by atoms with Crippen LogP contribution in [0.4, 0.5) is 14.9 Å². The second kappa shape index (κ2) is 5.83. The van der Waals surface area contributed by atoms with Crippen molar-refractivity contribution in [1.29, 1.82) is 0 Å². The van der Waals surface area contributed by atoms with Gasteiger partial charge in [0.25, 0.3) is 0 Å². The molecule has 108 valence electrons. The monoisotopic (exact) mass is 286 g/mol. The van der Waals surface area contributed by atoms with Gasteiger partial charge in [0, 0.05) is 5.69 Å². The summed E-state index contributed by atoms with van der Waals surface area (Å²) >= 11 is 0. The van der Waals surface area contributed by atoms with Crippen molar-refractivity contribution in [3.05, 3.63) is 59.9 Å². The highest BCUT2D eigenvalue weighted by Gasteiger charge is 2.20. The van der Waals surface area contributed by atoms with E-state index in [2.05, 4.69) is 10.6 Å². The third kappa shape index (κ3) is 3.31. The summed E-state index contributed by atoms with van der Waals surface area (Å²) in [4.78, 5) is 11.9. The number of fused-ring (bicyclic) bond motifs is 1. The van der Waals surface area contributed by atoms with Gasteiger partial charge in [0.2, 0.25) is 0 Å². The van der Waals surface area contributed by atoms with E-state index in [1.807, 2.05) is 24.3 Å². The molecule has 2 amide bonds. The minimum Gasteiger partial charge on any atom is -0.491 e. The van der Waals surface area contributed by atoms with E-state index in [-0.39, 0.29) is 17.9 Å². The SMILES string of the molecule is O=C(Nc1ccc(F)cc1)N[C@H]1COc2ccccc2C1. The quantitative estimate of drug-likeness (QED) is 0.891. The summed E-state index contributed by atoms with van der Waals surface area (Å²) in [6, 6.07) is 13.0. The number of anilines is 1. The molecule has 2 N–H and O–H groups in total. The second-order valence-electron chi connectivity index (χ2n) is 4.93. The predicted octanol–water partition coefficient (Wildman–Crippen LogP) is 2.95. The van der Waals surface area contributed by atoms with Gasteiger partial charge in [0.15, 0.2) is 0 Å². The third-order valence-electron chi connectivity index (χ3n) is 3.32. The maximum absolute atomic E-state index is 12.8. The molecular formula is C16H15FN2O2. The lowest BCUT2D eigenvalue weighted by Gasteiger charge is -2.26. The molecule has 0 aliphatic carbocycles. The molecule has 0 radical (unpaired) electrons. The smallest absolute Gasteiger partial charge is 0.319 e. The summed E-state index contributed by atoms with van der Waals surface area (Å²) in [5, 5.41) is 5.52. The molecule has 21 heavy (non-hydrogen) atoms. The van der Waals surface area contributed by atoms with Crippen LogP contribution in [-0.4, -0.2) is 18.7 Å². The third-order valence-corrected chi connectivity index (χ3v) is 3.32. The molecule has 1 aliphatic rings. The summed E-state index contributed by atoms with van der Waals surface area (Å²) in [6.45, 7) is 0.438. The maximum Gasteiger partial charge on any atom is 0.319 e. The van der Waals surface area contributed by atoms with Crippen molar-refractivity contribution in [2.24, 2.45) is 0 Å². The van der Waals surface area contributed by atoms with Crippen molar-refractivity contribution >= 4 is 11.7 Å². The van der Waals surface area contributed by atoms with Gasteiger partial charge in [-0.15, -0.1) is 0 Å². The number of amides is 2. The molecule has 5 heteroatoms. The first-order chi connectivity index (χ1) is 10.2. The second-order valence-corrected chi connectivity index (χ2v) is 4.93. The first-order valence-electron chi connectivity index (χ1n) is 6.74. The largest absolute Gasteiger partial charge is 0.491 e. The Labute approximate surface area is 121 Å². The normalized spacial score (nSPS) is 16.5. The first kappa shape index (κ1) is 13.4. The number of ether oxygens (including phenoxy) is 1. The predicted molar refractivity (Wildman–Crippen MR) is 78.0 cm³/mol. The number of urea groups is 1. The van der Waals surface area contributed by atoms with Crippen LogP contribution in [0.2, 0.25) is 0 Å². The van der Waals surface area contributed by atoms with Crippen molar-refractivity contribution in [1.82, 2.24) is 5.32 Å². The molecule has 0 saturated heterocycles. The zero-order valence-corrected chi connectivity index (χ0v) is 11.3. The fourth-order valence-electron chi connectivity index (χ4n) is 2.31. The van der Waals surface area contributed by atoms with Gasteiger partial charge in [-0.2, -0.15) is 0 Å². The summed E-state index contributed by atoms with van der Waals surface area (Å²) in [7, 11) is 0. The zero-order chi connectivity index (χ0) is 14.7. The van der Waals surface area contributed by atoms with Gasteiger partial charge in [-0.05, 0) is 42.3 Å². The average molecular weight is 286 g/mol. The highest BCUT2D eigenvalue weighted by molar-refractivity contribution is 5.89. The Morgan fingerprint density at radius 1 is 1.14 bits per heavy atom. The summed E-state index contributed by atoms with van der Waals surface area (Å²) in [6.07, 6.45) is 0.729. The fraction of sp³-hybridized carbons (Fsp3) is 0.188. The first-order valence-corrected chi connectivity index (χ1v) is 6.74. The van der Waals surface area contributed by atoms with Gasteiger partial charge in [0.1, 0.15) is 18.2 Å². The fourth-order valence-corrected chi connectivity index (χ4v) is 2.31. The highest BCUT2D eigenvalue weighted by Crippen LogP contribution is 2.23. The lowest BCUT2D eigenvalue weighted by atomic mass is 10.0. The molecule has 0 unspecified atom stereocenters. The number of halogens is 1. The molecular weight excluding hydrogens is 271 g/mol. The van der Waals surface area contributed by atoms with Crippen molar-refractivity contribution in [2.75, 3.05) is 11.9 Å². The molecule has 0 saturated carbocycles. The van der Waals surface area contributed by atoms with Crippen LogP contribution in [-0.2, 0) is 6.42 Å². The van der Waals surface area contributed by atoms with Crippen LogP contribution < -0.4 is 15.4 Å². The number of rotatable bonds is 2. The number of benzene rings is 2. The van der Waals surface area contributed by atoms with Crippen molar-refractivity contribution in [3.63, 3.8) is 0 Å². The average Bonchev–Trinajstić information content (AvgIpc) is 2.49. The van der Waals surface area contributed by atoms with E-state index in [0.29, 0.717) is 12.3 Å². The molecule has 0 spiro atoms. The standard InChI is InChI=1S/C16H15FN2O2/c17-12-5-7-13(8-6-12)18-16(20)19-14-9-11-3-1-2-4-15(11)21-10-14/h1-8,14H,9-10H2,(H2,18,19,20)/t14-/m1/s1. The Hall–Kier alpha value is -2.56. The number of carbonyl (C=O) groups excluding carboxylic acids is 1. The Bertz CT molecular complexity index is 643. The van der Waals surface area contributed by atoms with Gasteiger partial charge in [-0.3, -0.25) is 0 Å². The molecule has 2 aromatic carbocycles. The van der Waals surface area contributed by atoms with E-state index in [1.165, 1.54) is 24.3 Å². The van der Waals surface area contributed by atoms with E-state index in [4.69, 9.17) is 4.74 Å². The van der Waals surface area contributed by atoms with Crippen molar-refractivity contribution < 1.29 is 13.9 Å². The molecule has 1 atom stereocenters. The minimum absolute atomic E-state index is 0.0830. The van der Waals surface area contributed by atoms with Gasteiger partial charge in [-0.1, -0.05) is 18.2 Å². The van der Waals surface area contributed by atoms with Crippen LogP contribution >= 0.6 is 0 Å². The molecule has 0 aromatic heterocycles. The van der Waals surface area contributed by atoms with Crippen LogP contribution in [0.15, 0.2) is 48.5 Å².